The van der Waals surface area contributed by atoms with Crippen molar-refractivity contribution >= 4 is 28.3 Å². The summed E-state index contributed by atoms with van der Waals surface area (Å²) in [6.07, 6.45) is 3.62. The highest BCUT2D eigenvalue weighted by molar-refractivity contribution is 5.76. The largest absolute Gasteiger partial charge is 0.372 e. The van der Waals surface area contributed by atoms with Crippen LogP contribution in [0.2, 0.25) is 0 Å². The van der Waals surface area contributed by atoms with Crippen LogP contribution in [0.4, 0.5) is 11.6 Å². The molecule has 1 fully saturated rings. The molecule has 3 aromatic heterocycles. The Kier molecular flexibility index (Phi) is 3.78. The number of anilines is 1. The molecule has 5 rings (SSSR count). The number of aromatic nitrogens is 4. The zero-order valence-corrected chi connectivity index (χ0v) is 15.5. The molecule has 1 aliphatic heterocycles. The predicted molar refractivity (Wildman–Crippen MR) is 107 cm³/mol. The Hall–Kier alpha value is -3.42. The van der Waals surface area contributed by atoms with Gasteiger partial charge in [0.15, 0.2) is 0 Å². The van der Waals surface area contributed by atoms with Crippen LogP contribution in [-0.2, 0) is 0 Å². The van der Waals surface area contributed by atoms with Crippen LogP contribution in [0.25, 0.3) is 16.7 Å². The number of aromatic amines is 1. The van der Waals surface area contributed by atoms with Crippen molar-refractivity contribution in [3.05, 3.63) is 64.1 Å². The van der Waals surface area contributed by atoms with Crippen molar-refractivity contribution in [2.45, 2.75) is 25.7 Å². The van der Waals surface area contributed by atoms with E-state index in [1.165, 1.54) is 5.56 Å². The summed E-state index contributed by atoms with van der Waals surface area (Å²) in [6, 6.07) is 11.6. The van der Waals surface area contributed by atoms with Gasteiger partial charge in [-0.2, -0.15) is 9.38 Å². The average Bonchev–Trinajstić information content (AvgIpc) is 3.29. The van der Waals surface area contributed by atoms with Gasteiger partial charge in [0.1, 0.15) is 5.82 Å². The standard InChI is InChI=1S/C20H20N6O2/c1-13-7-8-15-16(11-13)22-18(21-15)14-5-4-9-24(12-14)19-20(26(27)28)25-10-3-2-6-17(25)23-19/h2-3,6-8,10-11,14H,4-5,9,12H2,1H3,(H,21,22)/t14-/m1/s1. The molecule has 1 atom stereocenters. The van der Waals surface area contributed by atoms with Gasteiger partial charge in [0.05, 0.1) is 17.2 Å². The lowest BCUT2D eigenvalue weighted by molar-refractivity contribution is -0.389. The normalized spacial score (nSPS) is 17.5. The van der Waals surface area contributed by atoms with E-state index in [1.54, 1.807) is 22.7 Å². The average molecular weight is 376 g/mol. The maximum Gasteiger partial charge on any atom is 0.372 e. The van der Waals surface area contributed by atoms with Gasteiger partial charge in [-0.1, -0.05) is 12.1 Å². The second-order valence-electron chi connectivity index (χ2n) is 7.37. The molecule has 0 bridgehead atoms. The Labute approximate surface area is 161 Å². The highest BCUT2D eigenvalue weighted by Gasteiger charge is 2.31. The van der Waals surface area contributed by atoms with Crippen LogP contribution in [0, 0.1) is 17.0 Å². The fraction of sp³-hybridized carbons (Fsp3) is 0.300. The predicted octanol–water partition coefficient (Wildman–Crippen LogP) is 3.81. The number of nitrogens with zero attached hydrogens (tertiary/aromatic N) is 5. The van der Waals surface area contributed by atoms with Gasteiger partial charge < -0.3 is 20.0 Å². The van der Waals surface area contributed by atoms with Crippen LogP contribution in [0.3, 0.4) is 0 Å². The summed E-state index contributed by atoms with van der Waals surface area (Å²) in [4.78, 5) is 26.2. The van der Waals surface area contributed by atoms with Crippen molar-refractivity contribution < 1.29 is 4.92 Å². The quantitative estimate of drug-likeness (QED) is 0.433. The minimum absolute atomic E-state index is 0.0245. The molecule has 1 aromatic carbocycles. The van der Waals surface area contributed by atoms with E-state index in [-0.39, 0.29) is 16.7 Å². The first-order valence-electron chi connectivity index (χ1n) is 9.43. The van der Waals surface area contributed by atoms with Crippen molar-refractivity contribution in [1.82, 2.24) is 19.4 Å². The third-order valence-corrected chi connectivity index (χ3v) is 5.42. The Balaban J connectivity index is 1.51. The molecule has 8 heteroatoms. The van der Waals surface area contributed by atoms with Gasteiger partial charge in [-0.3, -0.25) is 0 Å². The summed E-state index contributed by atoms with van der Waals surface area (Å²) in [7, 11) is 0. The number of pyridine rings is 1. The molecular formula is C20H20N6O2. The number of hydrogen-bond acceptors (Lipinski definition) is 5. The van der Waals surface area contributed by atoms with Crippen LogP contribution >= 0.6 is 0 Å². The molecule has 0 unspecified atom stereocenters. The van der Waals surface area contributed by atoms with E-state index in [9.17, 15) is 10.1 Å². The van der Waals surface area contributed by atoms with Crippen LogP contribution in [-0.4, -0.2) is 37.4 Å². The molecule has 0 saturated carbocycles. The number of hydrogen-bond donors (Lipinski definition) is 1. The first kappa shape index (κ1) is 16.7. The maximum absolute atomic E-state index is 11.7. The van der Waals surface area contributed by atoms with Gasteiger partial charge >= 0.3 is 5.82 Å². The van der Waals surface area contributed by atoms with Crippen molar-refractivity contribution in [3.63, 3.8) is 0 Å². The summed E-state index contributed by atoms with van der Waals surface area (Å²) in [5.41, 5.74) is 3.76. The van der Waals surface area contributed by atoms with Crippen molar-refractivity contribution in [2.24, 2.45) is 0 Å². The summed E-state index contributed by atoms with van der Waals surface area (Å²) in [5.74, 6) is 1.59. The molecule has 1 aliphatic rings. The lowest BCUT2D eigenvalue weighted by Gasteiger charge is -2.31. The Morgan fingerprint density at radius 3 is 3.00 bits per heavy atom. The molecule has 142 valence electrons. The second kappa shape index (κ2) is 6.33. The minimum Gasteiger partial charge on any atom is -0.358 e. The van der Waals surface area contributed by atoms with Crippen molar-refractivity contribution in [3.8, 4) is 0 Å². The number of piperidine rings is 1. The fourth-order valence-corrected chi connectivity index (χ4v) is 4.08. The zero-order valence-electron chi connectivity index (χ0n) is 15.5. The van der Waals surface area contributed by atoms with E-state index in [2.05, 4.69) is 29.0 Å². The zero-order chi connectivity index (χ0) is 19.3. The molecule has 1 N–H and O–H groups in total. The molecule has 8 nitrogen and oxygen atoms in total. The lowest BCUT2D eigenvalue weighted by atomic mass is 9.97. The number of nitro groups is 1. The third kappa shape index (κ3) is 2.69. The number of benzene rings is 1. The molecule has 0 amide bonds. The Morgan fingerprint density at radius 2 is 2.14 bits per heavy atom. The van der Waals surface area contributed by atoms with E-state index in [4.69, 9.17) is 4.98 Å². The highest BCUT2D eigenvalue weighted by atomic mass is 16.6. The summed E-state index contributed by atoms with van der Waals surface area (Å²) >= 11 is 0. The third-order valence-electron chi connectivity index (χ3n) is 5.42. The molecule has 0 radical (unpaired) electrons. The number of imidazole rings is 2. The van der Waals surface area contributed by atoms with Gasteiger partial charge in [0, 0.05) is 25.1 Å². The minimum atomic E-state index is -0.344. The van der Waals surface area contributed by atoms with Crippen LogP contribution in [0.1, 0.15) is 30.1 Å². The molecule has 1 saturated heterocycles. The van der Waals surface area contributed by atoms with E-state index < -0.39 is 0 Å². The number of fused-ring (bicyclic) bond motifs is 2. The molecule has 28 heavy (non-hydrogen) atoms. The number of nitrogens with one attached hydrogen (secondary N) is 1. The Bertz CT molecular complexity index is 1190. The lowest BCUT2D eigenvalue weighted by Crippen LogP contribution is -2.35. The van der Waals surface area contributed by atoms with Gasteiger partial charge in [0.25, 0.3) is 0 Å². The molecule has 0 spiro atoms. The van der Waals surface area contributed by atoms with Crippen LogP contribution in [0.5, 0.6) is 0 Å². The number of H-pyrrole nitrogens is 1. The van der Waals surface area contributed by atoms with Gasteiger partial charge in [0.2, 0.25) is 11.5 Å². The van der Waals surface area contributed by atoms with E-state index in [0.29, 0.717) is 18.0 Å². The summed E-state index contributed by atoms with van der Waals surface area (Å²) in [5, 5.41) is 11.7. The SMILES string of the molecule is Cc1ccc2nc([C@@H]3CCCN(c4nc5ccccn5c4[N+](=O)[O-])C3)[nH]c2c1. The maximum atomic E-state index is 11.7. The van der Waals surface area contributed by atoms with E-state index in [1.807, 2.05) is 17.0 Å². The molecule has 4 heterocycles. The first-order chi connectivity index (χ1) is 13.6. The van der Waals surface area contributed by atoms with Gasteiger partial charge in [-0.15, -0.1) is 0 Å². The highest BCUT2D eigenvalue weighted by Crippen LogP contribution is 2.34. The fourth-order valence-electron chi connectivity index (χ4n) is 4.08. The topological polar surface area (TPSA) is 92.4 Å². The second-order valence-corrected chi connectivity index (χ2v) is 7.37. The van der Waals surface area contributed by atoms with Crippen molar-refractivity contribution in [2.75, 3.05) is 18.0 Å². The molecular weight excluding hydrogens is 356 g/mol. The first-order valence-corrected chi connectivity index (χ1v) is 9.43. The summed E-state index contributed by atoms with van der Waals surface area (Å²) in [6.45, 7) is 3.47. The van der Waals surface area contributed by atoms with E-state index in [0.717, 1.165) is 36.2 Å². The van der Waals surface area contributed by atoms with E-state index >= 15 is 0 Å². The molecule has 4 aromatic rings. The van der Waals surface area contributed by atoms with Gasteiger partial charge in [-0.05, 0) is 48.5 Å². The summed E-state index contributed by atoms with van der Waals surface area (Å²) < 4.78 is 1.54. The van der Waals surface area contributed by atoms with Crippen LogP contribution in [0.15, 0.2) is 42.6 Å². The van der Waals surface area contributed by atoms with Gasteiger partial charge in [-0.25, -0.2) is 4.98 Å². The number of aryl methyl sites for hydroxylation is 1. The molecule has 0 aliphatic carbocycles. The van der Waals surface area contributed by atoms with Crippen LogP contribution < -0.4 is 4.90 Å². The van der Waals surface area contributed by atoms with Crippen molar-refractivity contribution in [1.29, 1.82) is 0 Å². The monoisotopic (exact) mass is 376 g/mol. The number of rotatable bonds is 3. The smallest absolute Gasteiger partial charge is 0.358 e. The Morgan fingerprint density at radius 1 is 1.25 bits per heavy atom.